The molecule has 0 radical (unpaired) electrons. The monoisotopic (exact) mass is 304 g/mol. The summed E-state index contributed by atoms with van der Waals surface area (Å²) in [5, 5.41) is 5.35. The van der Waals surface area contributed by atoms with Crippen LogP contribution in [0.25, 0.3) is 0 Å². The van der Waals surface area contributed by atoms with E-state index in [2.05, 4.69) is 10.6 Å². The van der Waals surface area contributed by atoms with Crippen molar-refractivity contribution in [1.82, 2.24) is 5.32 Å². The van der Waals surface area contributed by atoms with E-state index >= 15 is 0 Å². The molecule has 0 saturated carbocycles. The molecule has 2 rings (SSSR count). The fraction of sp³-hybridized carbons (Fsp3) is 0.417. The summed E-state index contributed by atoms with van der Waals surface area (Å²) < 4.78 is 48.3. The van der Waals surface area contributed by atoms with Crippen LogP contribution < -0.4 is 10.6 Å². The number of carbonyl (C=O) groups is 1. The van der Waals surface area contributed by atoms with Gasteiger partial charge in [0.05, 0.1) is 16.6 Å². The molecule has 110 valence electrons. The number of amides is 1. The Morgan fingerprint density at radius 2 is 2.05 bits per heavy atom. The van der Waals surface area contributed by atoms with E-state index in [-0.39, 0.29) is 5.69 Å². The van der Waals surface area contributed by atoms with Crippen molar-refractivity contribution < 1.29 is 22.0 Å². The number of rotatable bonds is 4. The molecule has 1 aliphatic heterocycles. The number of hydrogen-bond donors (Lipinski definition) is 2. The third-order valence-electron chi connectivity index (χ3n) is 3.06. The molecule has 1 amide bonds. The van der Waals surface area contributed by atoms with Crippen molar-refractivity contribution >= 4 is 21.4 Å². The van der Waals surface area contributed by atoms with E-state index in [1.165, 1.54) is 18.2 Å². The highest BCUT2D eigenvalue weighted by atomic mass is 32.2. The van der Waals surface area contributed by atoms with Crippen molar-refractivity contribution in [3.8, 4) is 0 Å². The summed E-state index contributed by atoms with van der Waals surface area (Å²) in [5.41, 5.74) is -0.119. The highest BCUT2D eigenvalue weighted by Gasteiger charge is 2.30. The molecule has 1 aromatic rings. The van der Waals surface area contributed by atoms with Gasteiger partial charge in [0.1, 0.15) is 0 Å². The van der Waals surface area contributed by atoms with Gasteiger partial charge in [-0.2, -0.15) is 8.78 Å². The van der Waals surface area contributed by atoms with E-state index in [0.717, 1.165) is 12.5 Å². The number of halogens is 2. The predicted octanol–water partition coefficient (Wildman–Crippen LogP) is 1.37. The first-order valence-corrected chi connectivity index (χ1v) is 7.63. The lowest BCUT2D eigenvalue weighted by Gasteiger charge is -2.14. The smallest absolute Gasteiger partial charge is 0.324 e. The van der Waals surface area contributed by atoms with Crippen LogP contribution in [0.1, 0.15) is 12.8 Å². The Hall–Kier alpha value is -1.54. The average Bonchev–Trinajstić information content (AvgIpc) is 2.93. The van der Waals surface area contributed by atoms with Gasteiger partial charge < -0.3 is 10.6 Å². The van der Waals surface area contributed by atoms with Crippen LogP contribution in [0.2, 0.25) is 0 Å². The van der Waals surface area contributed by atoms with Crippen molar-refractivity contribution in [3.63, 3.8) is 0 Å². The van der Waals surface area contributed by atoms with Crippen LogP contribution in [0.4, 0.5) is 14.5 Å². The Balaban J connectivity index is 2.26. The lowest BCUT2D eigenvalue weighted by molar-refractivity contribution is -0.117. The van der Waals surface area contributed by atoms with E-state index in [0.29, 0.717) is 13.0 Å². The number of nitrogens with one attached hydrogen (secondary N) is 2. The van der Waals surface area contributed by atoms with Gasteiger partial charge in [-0.3, -0.25) is 4.79 Å². The third-order valence-corrected chi connectivity index (χ3v) is 4.50. The van der Waals surface area contributed by atoms with Crippen LogP contribution in [-0.2, 0) is 14.6 Å². The summed E-state index contributed by atoms with van der Waals surface area (Å²) in [6.07, 6.45) is 1.48. The fourth-order valence-electron chi connectivity index (χ4n) is 2.04. The summed E-state index contributed by atoms with van der Waals surface area (Å²) >= 11 is 0. The molecule has 0 bridgehead atoms. The molecule has 1 aromatic carbocycles. The van der Waals surface area contributed by atoms with Gasteiger partial charge in [-0.25, -0.2) is 8.42 Å². The molecule has 2 N–H and O–H groups in total. The number of anilines is 1. The molecule has 1 aliphatic rings. The van der Waals surface area contributed by atoms with Gasteiger partial charge in [0, 0.05) is 0 Å². The second-order valence-electron chi connectivity index (χ2n) is 4.44. The van der Waals surface area contributed by atoms with Crippen LogP contribution in [0.3, 0.4) is 0 Å². The van der Waals surface area contributed by atoms with E-state index < -0.39 is 32.4 Å². The lowest BCUT2D eigenvalue weighted by Crippen LogP contribution is -2.35. The summed E-state index contributed by atoms with van der Waals surface area (Å²) in [6.45, 7) is 0.703. The van der Waals surface area contributed by atoms with Crippen LogP contribution in [0, 0.1) is 0 Å². The molecule has 0 aromatic heterocycles. The minimum absolute atomic E-state index is 0.119. The summed E-state index contributed by atoms with van der Waals surface area (Å²) in [4.78, 5) is 11.3. The maximum absolute atomic E-state index is 12.6. The largest absolute Gasteiger partial charge is 0.341 e. The van der Waals surface area contributed by atoms with Crippen LogP contribution in [-0.4, -0.2) is 32.7 Å². The first-order chi connectivity index (χ1) is 9.43. The van der Waals surface area contributed by atoms with Gasteiger partial charge in [-0.05, 0) is 31.5 Å². The van der Waals surface area contributed by atoms with Crippen molar-refractivity contribution in [2.24, 2.45) is 0 Å². The van der Waals surface area contributed by atoms with Crippen LogP contribution in [0.5, 0.6) is 0 Å². The Morgan fingerprint density at radius 1 is 1.35 bits per heavy atom. The minimum Gasteiger partial charge on any atom is -0.324 e. The van der Waals surface area contributed by atoms with Crippen molar-refractivity contribution in [2.75, 3.05) is 11.9 Å². The van der Waals surface area contributed by atoms with Crippen LogP contribution in [0.15, 0.2) is 29.2 Å². The lowest BCUT2D eigenvalue weighted by atomic mass is 10.2. The fourth-order valence-corrected chi connectivity index (χ4v) is 2.93. The van der Waals surface area contributed by atoms with E-state index in [1.807, 2.05) is 0 Å². The van der Waals surface area contributed by atoms with Gasteiger partial charge in [0.2, 0.25) is 15.7 Å². The maximum Gasteiger partial charge on any atom is 0.341 e. The molecule has 1 unspecified atom stereocenters. The standard InChI is InChI=1S/C12H14F2N2O3S/c13-12(14)20(18,19)10-6-2-1-4-8(10)16-11(17)9-5-3-7-15-9/h1-2,4,6,9,12,15H,3,5,7H2,(H,16,17). The van der Waals surface area contributed by atoms with E-state index in [1.54, 1.807) is 0 Å². The van der Waals surface area contributed by atoms with E-state index in [9.17, 15) is 22.0 Å². The first kappa shape index (κ1) is 14.9. The van der Waals surface area contributed by atoms with Crippen LogP contribution >= 0.6 is 0 Å². The SMILES string of the molecule is O=C(Nc1ccccc1S(=O)(=O)C(F)F)C1CCCN1. The maximum atomic E-state index is 12.6. The normalized spacial score (nSPS) is 19.2. The minimum atomic E-state index is -4.75. The number of alkyl halides is 2. The Labute approximate surface area is 115 Å². The molecule has 0 spiro atoms. The van der Waals surface area contributed by atoms with Gasteiger partial charge in [0.25, 0.3) is 0 Å². The molecule has 20 heavy (non-hydrogen) atoms. The zero-order chi connectivity index (χ0) is 14.8. The second-order valence-corrected chi connectivity index (χ2v) is 6.33. The number of para-hydroxylation sites is 1. The predicted molar refractivity (Wildman–Crippen MR) is 69.3 cm³/mol. The van der Waals surface area contributed by atoms with Gasteiger partial charge in [-0.15, -0.1) is 0 Å². The first-order valence-electron chi connectivity index (χ1n) is 6.08. The zero-order valence-corrected chi connectivity index (χ0v) is 11.3. The molecular weight excluding hydrogens is 290 g/mol. The van der Waals surface area contributed by atoms with E-state index in [4.69, 9.17) is 0 Å². The molecule has 1 fully saturated rings. The van der Waals surface area contributed by atoms with Crippen molar-refractivity contribution in [3.05, 3.63) is 24.3 Å². The number of hydrogen-bond acceptors (Lipinski definition) is 4. The van der Waals surface area contributed by atoms with Gasteiger partial charge >= 0.3 is 5.76 Å². The zero-order valence-electron chi connectivity index (χ0n) is 10.5. The highest BCUT2D eigenvalue weighted by Crippen LogP contribution is 2.26. The highest BCUT2D eigenvalue weighted by molar-refractivity contribution is 7.91. The van der Waals surface area contributed by atoms with Gasteiger partial charge in [0.15, 0.2) is 0 Å². The summed E-state index contributed by atoms with van der Waals surface area (Å²) in [6, 6.07) is 4.74. The summed E-state index contributed by atoms with van der Waals surface area (Å²) in [5.74, 6) is -3.94. The molecule has 5 nitrogen and oxygen atoms in total. The molecule has 1 heterocycles. The second kappa shape index (κ2) is 5.84. The summed E-state index contributed by atoms with van der Waals surface area (Å²) in [7, 11) is -4.75. The number of sulfone groups is 1. The molecule has 8 heteroatoms. The van der Waals surface area contributed by atoms with Crippen molar-refractivity contribution in [1.29, 1.82) is 0 Å². The third kappa shape index (κ3) is 2.96. The topological polar surface area (TPSA) is 75.3 Å². The van der Waals surface area contributed by atoms with Gasteiger partial charge in [-0.1, -0.05) is 12.1 Å². The molecule has 0 aliphatic carbocycles. The average molecular weight is 304 g/mol. The Kier molecular flexibility index (Phi) is 4.34. The number of carbonyl (C=O) groups excluding carboxylic acids is 1. The Morgan fingerprint density at radius 3 is 2.65 bits per heavy atom. The quantitative estimate of drug-likeness (QED) is 0.881. The van der Waals surface area contributed by atoms with Crippen molar-refractivity contribution in [2.45, 2.75) is 29.5 Å². The molecule has 1 saturated heterocycles. The molecular formula is C12H14F2N2O3S. The molecule has 1 atom stereocenters. The number of benzene rings is 1. The Bertz CT molecular complexity index is 598.